The lowest BCUT2D eigenvalue weighted by molar-refractivity contribution is -0.139. The number of hydrogen-bond donors (Lipinski definition) is 3. The van der Waals surface area contributed by atoms with Crippen molar-refractivity contribution in [3.63, 3.8) is 0 Å². The highest BCUT2D eigenvalue weighted by atomic mass is 19.4. The Morgan fingerprint density at radius 1 is 1.47 bits per heavy atom. The molecule has 0 aliphatic rings. The van der Waals surface area contributed by atoms with Crippen LogP contribution in [-0.4, -0.2) is 11.1 Å². The van der Waals surface area contributed by atoms with Gasteiger partial charge in [0.15, 0.2) is 0 Å². The Kier molecular flexibility index (Phi) is 3.62. The molecule has 0 saturated carbocycles. The van der Waals surface area contributed by atoms with Gasteiger partial charge in [-0.15, -0.1) is 0 Å². The van der Waals surface area contributed by atoms with E-state index >= 15 is 0 Å². The van der Waals surface area contributed by atoms with Crippen molar-refractivity contribution in [2.75, 3.05) is 5.32 Å². The van der Waals surface area contributed by atoms with Crippen LogP contribution in [0, 0.1) is 0 Å². The molecule has 2 amide bonds. The minimum Gasteiger partial charge on any atom is -0.389 e. The molecule has 0 spiro atoms. The van der Waals surface area contributed by atoms with E-state index in [1.807, 2.05) is 5.32 Å². The number of carbonyl (C=O) groups is 1. The Hall–Kier alpha value is -1.76. The second-order valence-corrected chi connectivity index (χ2v) is 3.47. The van der Waals surface area contributed by atoms with Crippen LogP contribution >= 0.6 is 0 Å². The number of rotatable bonds is 2. The molecule has 1 aromatic carbocycles. The lowest BCUT2D eigenvalue weighted by Gasteiger charge is -2.16. The zero-order valence-corrected chi connectivity index (χ0v) is 8.88. The number of anilines is 1. The summed E-state index contributed by atoms with van der Waals surface area (Å²) in [6, 6.07) is 2.11. The molecule has 0 heterocycles. The van der Waals surface area contributed by atoms with Gasteiger partial charge >= 0.3 is 12.2 Å². The summed E-state index contributed by atoms with van der Waals surface area (Å²) < 4.78 is 38.0. The number of hydrogen-bond acceptors (Lipinski definition) is 2. The average molecular weight is 248 g/mol. The van der Waals surface area contributed by atoms with Crippen molar-refractivity contribution in [1.29, 1.82) is 0 Å². The maximum absolute atomic E-state index is 12.7. The summed E-state index contributed by atoms with van der Waals surface area (Å²) in [5.74, 6) is 0. The summed E-state index contributed by atoms with van der Waals surface area (Å²) in [5.41, 5.74) is 3.47. The maximum atomic E-state index is 12.7. The Morgan fingerprint density at radius 3 is 2.47 bits per heavy atom. The number of benzene rings is 1. The van der Waals surface area contributed by atoms with E-state index < -0.39 is 23.9 Å². The minimum atomic E-state index is -4.61. The van der Waals surface area contributed by atoms with E-state index in [1.54, 1.807) is 0 Å². The molecule has 4 nitrogen and oxygen atoms in total. The molecular formula is C10H11F3N2O2. The number of carbonyl (C=O) groups excluding carboxylic acids is 1. The minimum absolute atomic E-state index is 0.0748. The van der Waals surface area contributed by atoms with E-state index in [4.69, 9.17) is 5.73 Å². The van der Waals surface area contributed by atoms with Gasteiger partial charge in [0.2, 0.25) is 0 Å². The van der Waals surface area contributed by atoms with E-state index in [2.05, 4.69) is 0 Å². The third-order valence-electron chi connectivity index (χ3n) is 2.08. The van der Waals surface area contributed by atoms with Crippen LogP contribution in [-0.2, 0) is 6.18 Å². The number of nitrogens with two attached hydrogens (primary N) is 1. The number of aliphatic hydroxyl groups is 1. The van der Waals surface area contributed by atoms with Gasteiger partial charge in [0.1, 0.15) is 0 Å². The normalized spacial score (nSPS) is 13.2. The molecular weight excluding hydrogens is 237 g/mol. The van der Waals surface area contributed by atoms with Crippen molar-refractivity contribution < 1.29 is 23.1 Å². The van der Waals surface area contributed by atoms with E-state index in [0.29, 0.717) is 0 Å². The van der Waals surface area contributed by atoms with Crippen molar-refractivity contribution in [3.8, 4) is 0 Å². The molecule has 0 bridgehead atoms. The van der Waals surface area contributed by atoms with Crippen LogP contribution in [0.1, 0.15) is 24.2 Å². The lowest BCUT2D eigenvalue weighted by atomic mass is 10.0. The zero-order chi connectivity index (χ0) is 13.2. The first-order valence-electron chi connectivity index (χ1n) is 4.67. The predicted octanol–water partition coefficient (Wildman–Crippen LogP) is 2.25. The molecule has 17 heavy (non-hydrogen) atoms. The molecule has 0 saturated heterocycles. The van der Waals surface area contributed by atoms with Gasteiger partial charge in [0.05, 0.1) is 11.7 Å². The number of urea groups is 1. The average Bonchev–Trinajstić information content (AvgIpc) is 2.14. The van der Waals surface area contributed by atoms with Crippen molar-refractivity contribution in [3.05, 3.63) is 29.3 Å². The molecule has 1 atom stereocenters. The predicted molar refractivity (Wildman–Crippen MR) is 55.3 cm³/mol. The third kappa shape index (κ3) is 3.35. The van der Waals surface area contributed by atoms with Crippen molar-refractivity contribution in [2.45, 2.75) is 19.2 Å². The van der Waals surface area contributed by atoms with E-state index in [1.165, 1.54) is 13.0 Å². The summed E-state index contributed by atoms with van der Waals surface area (Å²) in [5, 5.41) is 11.3. The van der Waals surface area contributed by atoms with Gasteiger partial charge in [-0.05, 0) is 24.6 Å². The maximum Gasteiger partial charge on any atom is 0.416 e. The van der Waals surface area contributed by atoms with E-state index in [-0.39, 0.29) is 11.3 Å². The first-order chi connectivity index (χ1) is 7.71. The molecule has 0 fully saturated rings. The van der Waals surface area contributed by atoms with Crippen LogP contribution in [0.5, 0.6) is 0 Å². The monoisotopic (exact) mass is 248 g/mol. The molecule has 7 heteroatoms. The first-order valence-corrected chi connectivity index (χ1v) is 4.67. The van der Waals surface area contributed by atoms with Crippen molar-refractivity contribution in [1.82, 2.24) is 0 Å². The Morgan fingerprint density at radius 2 is 2.06 bits per heavy atom. The van der Waals surface area contributed by atoms with Gasteiger partial charge in [-0.1, -0.05) is 6.07 Å². The van der Waals surface area contributed by atoms with Crippen LogP contribution in [0.2, 0.25) is 0 Å². The van der Waals surface area contributed by atoms with Gasteiger partial charge in [-0.25, -0.2) is 4.79 Å². The number of primary amides is 1. The van der Waals surface area contributed by atoms with Gasteiger partial charge in [-0.2, -0.15) is 13.2 Å². The number of nitrogens with one attached hydrogen (secondary N) is 1. The highest BCUT2D eigenvalue weighted by molar-refractivity contribution is 5.87. The van der Waals surface area contributed by atoms with Gasteiger partial charge in [-0.3, -0.25) is 0 Å². The molecule has 0 aromatic heterocycles. The molecule has 1 rings (SSSR count). The summed E-state index contributed by atoms with van der Waals surface area (Å²) >= 11 is 0. The molecule has 4 N–H and O–H groups in total. The molecule has 0 aliphatic heterocycles. The molecule has 1 aromatic rings. The lowest BCUT2D eigenvalue weighted by Crippen LogP contribution is -2.20. The van der Waals surface area contributed by atoms with Crippen LogP contribution in [0.25, 0.3) is 0 Å². The SMILES string of the molecule is CC(O)c1ccc(NC(N)=O)cc1C(F)(F)F. The number of aliphatic hydroxyl groups excluding tert-OH is 1. The van der Waals surface area contributed by atoms with E-state index in [0.717, 1.165) is 12.1 Å². The topological polar surface area (TPSA) is 75.3 Å². The summed E-state index contributed by atoms with van der Waals surface area (Å²) in [7, 11) is 0. The van der Waals surface area contributed by atoms with E-state index in [9.17, 15) is 23.1 Å². The van der Waals surface area contributed by atoms with Crippen LogP contribution in [0.4, 0.5) is 23.7 Å². The van der Waals surface area contributed by atoms with Crippen LogP contribution in [0.15, 0.2) is 18.2 Å². The fraction of sp³-hybridized carbons (Fsp3) is 0.300. The largest absolute Gasteiger partial charge is 0.416 e. The summed E-state index contributed by atoms with van der Waals surface area (Å²) in [4.78, 5) is 10.5. The van der Waals surface area contributed by atoms with Gasteiger partial charge < -0.3 is 16.2 Å². The highest BCUT2D eigenvalue weighted by Crippen LogP contribution is 2.36. The Bertz CT molecular complexity index is 430. The quantitative estimate of drug-likeness (QED) is 0.750. The van der Waals surface area contributed by atoms with Crippen molar-refractivity contribution in [2.24, 2.45) is 5.73 Å². The van der Waals surface area contributed by atoms with Crippen LogP contribution in [0.3, 0.4) is 0 Å². The fourth-order valence-electron chi connectivity index (χ4n) is 1.39. The molecule has 1 unspecified atom stereocenters. The fourth-order valence-corrected chi connectivity index (χ4v) is 1.39. The van der Waals surface area contributed by atoms with Crippen molar-refractivity contribution >= 4 is 11.7 Å². The standard InChI is InChI=1S/C10H11F3N2O2/c1-5(16)7-3-2-6(15-9(14)17)4-8(7)10(11,12)13/h2-5,16H,1H3,(H3,14,15,17). The number of alkyl halides is 3. The second-order valence-electron chi connectivity index (χ2n) is 3.47. The van der Waals surface area contributed by atoms with Crippen LogP contribution < -0.4 is 11.1 Å². The number of halogens is 3. The Balaban J connectivity index is 3.24. The third-order valence-corrected chi connectivity index (χ3v) is 2.08. The molecule has 0 radical (unpaired) electrons. The molecule has 0 aliphatic carbocycles. The van der Waals surface area contributed by atoms with Gasteiger partial charge in [0.25, 0.3) is 0 Å². The summed E-state index contributed by atoms with van der Waals surface area (Å²) in [6.45, 7) is 1.23. The highest BCUT2D eigenvalue weighted by Gasteiger charge is 2.34. The molecule has 94 valence electrons. The zero-order valence-electron chi connectivity index (χ0n) is 8.88. The number of amides is 2. The van der Waals surface area contributed by atoms with Gasteiger partial charge in [0, 0.05) is 5.69 Å². The summed E-state index contributed by atoms with van der Waals surface area (Å²) in [6.07, 6.45) is -5.86. The Labute approximate surface area is 95.2 Å². The smallest absolute Gasteiger partial charge is 0.389 e. The second kappa shape index (κ2) is 4.62. The first kappa shape index (κ1) is 13.3.